The lowest BCUT2D eigenvalue weighted by Gasteiger charge is -2.29. The highest BCUT2D eigenvalue weighted by atomic mass is 16.2. The number of hydrogen-bond donors (Lipinski definition) is 2. The van der Waals surface area contributed by atoms with Gasteiger partial charge in [-0.15, -0.1) is 0 Å². The number of aromatic nitrogens is 3. The third kappa shape index (κ3) is 3.02. The summed E-state index contributed by atoms with van der Waals surface area (Å²) in [6.45, 7) is 6.39. The second-order valence-electron chi connectivity index (χ2n) is 6.33. The quantitative estimate of drug-likeness (QED) is 0.868. The predicted molar refractivity (Wildman–Crippen MR) is 87.9 cm³/mol. The molecule has 0 saturated heterocycles. The van der Waals surface area contributed by atoms with Crippen molar-refractivity contribution in [3.05, 3.63) is 47.0 Å². The maximum absolute atomic E-state index is 12.7. The van der Waals surface area contributed by atoms with Gasteiger partial charge in [0.05, 0.1) is 6.54 Å². The predicted octanol–water partition coefficient (Wildman–Crippen LogP) is 1.41. The van der Waals surface area contributed by atoms with Gasteiger partial charge in [-0.25, -0.2) is 4.98 Å². The van der Waals surface area contributed by atoms with Crippen LogP contribution >= 0.6 is 0 Å². The Bertz CT molecular complexity index is 768. The molecule has 7 heteroatoms. The van der Waals surface area contributed by atoms with Crippen molar-refractivity contribution in [2.24, 2.45) is 5.92 Å². The zero-order chi connectivity index (χ0) is 17.3. The van der Waals surface area contributed by atoms with Crippen LogP contribution < -0.4 is 5.32 Å². The van der Waals surface area contributed by atoms with E-state index in [0.29, 0.717) is 23.8 Å². The van der Waals surface area contributed by atoms with Crippen molar-refractivity contribution in [1.82, 2.24) is 25.4 Å². The number of H-pyrrole nitrogens is 1. The van der Waals surface area contributed by atoms with Gasteiger partial charge >= 0.3 is 0 Å². The van der Waals surface area contributed by atoms with Crippen LogP contribution in [0.1, 0.15) is 41.4 Å². The lowest BCUT2D eigenvalue weighted by Crippen LogP contribution is -2.49. The maximum Gasteiger partial charge on any atom is 0.255 e. The van der Waals surface area contributed by atoms with Gasteiger partial charge in [0.15, 0.2) is 5.82 Å². The van der Waals surface area contributed by atoms with Crippen molar-refractivity contribution in [3.63, 3.8) is 0 Å². The van der Waals surface area contributed by atoms with E-state index in [9.17, 15) is 9.59 Å². The number of carbonyl (C=O) groups is 2. The molecule has 2 amide bonds. The summed E-state index contributed by atoms with van der Waals surface area (Å²) in [5, 5.41) is 9.59. The number of fused-ring (bicyclic) bond motifs is 1. The third-order valence-corrected chi connectivity index (χ3v) is 4.15. The summed E-state index contributed by atoms with van der Waals surface area (Å²) in [7, 11) is 0. The maximum atomic E-state index is 12.7. The first-order valence-electron chi connectivity index (χ1n) is 8.02. The molecule has 0 spiro atoms. The molecule has 2 N–H and O–H groups in total. The van der Waals surface area contributed by atoms with Crippen molar-refractivity contribution in [1.29, 1.82) is 0 Å². The molecule has 1 aliphatic rings. The van der Waals surface area contributed by atoms with Crippen LogP contribution in [0.3, 0.4) is 0 Å². The van der Waals surface area contributed by atoms with Gasteiger partial charge in [-0.1, -0.05) is 32.0 Å². The van der Waals surface area contributed by atoms with Crippen molar-refractivity contribution >= 4 is 11.8 Å². The van der Waals surface area contributed by atoms with Gasteiger partial charge in [0.2, 0.25) is 5.91 Å². The lowest BCUT2D eigenvalue weighted by atomic mass is 10.0. The molecule has 24 heavy (non-hydrogen) atoms. The van der Waals surface area contributed by atoms with E-state index in [2.05, 4.69) is 20.5 Å². The fourth-order valence-electron chi connectivity index (χ4n) is 3.04. The minimum Gasteiger partial charge on any atom is -0.347 e. The smallest absolute Gasteiger partial charge is 0.255 e. The van der Waals surface area contributed by atoms with E-state index in [4.69, 9.17) is 0 Å². The Kier molecular flexibility index (Phi) is 4.33. The number of carbonyl (C=O) groups excluding carboxylic acids is 2. The molecule has 0 radical (unpaired) electrons. The highest BCUT2D eigenvalue weighted by Crippen LogP contribution is 2.27. The molecule has 2 heterocycles. The summed E-state index contributed by atoms with van der Waals surface area (Å²) < 4.78 is 0. The monoisotopic (exact) mass is 327 g/mol. The number of nitrogens with zero attached hydrogens (tertiary/aromatic N) is 3. The van der Waals surface area contributed by atoms with E-state index in [1.54, 1.807) is 11.8 Å². The van der Waals surface area contributed by atoms with Crippen LogP contribution in [0.4, 0.5) is 0 Å². The Morgan fingerprint density at radius 2 is 2.12 bits per heavy atom. The molecule has 1 aromatic carbocycles. The first kappa shape index (κ1) is 16.2. The number of aromatic amines is 1. The largest absolute Gasteiger partial charge is 0.347 e. The fraction of sp³-hybridized carbons (Fsp3) is 0.412. The molecule has 7 nitrogen and oxygen atoms in total. The topological polar surface area (TPSA) is 91.0 Å². The number of amides is 2. The fourth-order valence-corrected chi connectivity index (χ4v) is 3.04. The van der Waals surface area contributed by atoms with E-state index in [1.807, 2.05) is 38.1 Å². The number of hydrogen-bond acceptors (Lipinski definition) is 4. The summed E-state index contributed by atoms with van der Waals surface area (Å²) in [4.78, 5) is 31.1. The standard InChI is InChI=1S/C17H21N5O2/c1-10(2)15(16(23)18-8-14-19-11(3)20-21-14)22-9-12-6-4-5-7-13(12)17(22)24/h4-7,10,15H,8-9H2,1-3H3,(H,18,23)(H,19,20,21)/t15-/m1/s1. The number of rotatable bonds is 5. The van der Waals surface area contributed by atoms with Crippen LogP contribution in [-0.4, -0.2) is 37.9 Å². The molecule has 126 valence electrons. The van der Waals surface area contributed by atoms with Crippen molar-refractivity contribution in [2.75, 3.05) is 0 Å². The second-order valence-corrected chi connectivity index (χ2v) is 6.33. The Balaban J connectivity index is 1.73. The molecule has 0 saturated carbocycles. The molecule has 1 aliphatic heterocycles. The van der Waals surface area contributed by atoms with Gasteiger partial charge in [0.25, 0.3) is 5.91 Å². The van der Waals surface area contributed by atoms with Crippen LogP contribution in [0.5, 0.6) is 0 Å². The van der Waals surface area contributed by atoms with Crippen molar-refractivity contribution < 1.29 is 9.59 Å². The molecule has 0 aliphatic carbocycles. The Morgan fingerprint density at radius 3 is 2.75 bits per heavy atom. The average Bonchev–Trinajstić information content (AvgIpc) is 3.10. The molecule has 2 aromatic rings. The Hall–Kier alpha value is -2.70. The van der Waals surface area contributed by atoms with Crippen LogP contribution in [0.25, 0.3) is 0 Å². The van der Waals surface area contributed by atoms with Gasteiger partial charge in [0, 0.05) is 12.1 Å². The molecular weight excluding hydrogens is 306 g/mol. The van der Waals surface area contributed by atoms with Crippen molar-refractivity contribution in [2.45, 2.75) is 39.9 Å². The number of nitrogens with one attached hydrogen (secondary N) is 2. The van der Waals surface area contributed by atoms with E-state index in [-0.39, 0.29) is 24.3 Å². The first-order chi connectivity index (χ1) is 11.5. The summed E-state index contributed by atoms with van der Waals surface area (Å²) in [5.41, 5.74) is 1.64. The summed E-state index contributed by atoms with van der Waals surface area (Å²) >= 11 is 0. The highest BCUT2D eigenvalue weighted by molar-refractivity contribution is 6.01. The minimum absolute atomic E-state index is 0.00265. The van der Waals surface area contributed by atoms with E-state index in [0.717, 1.165) is 5.56 Å². The third-order valence-electron chi connectivity index (χ3n) is 4.15. The lowest BCUT2D eigenvalue weighted by molar-refractivity contribution is -0.127. The minimum atomic E-state index is -0.523. The summed E-state index contributed by atoms with van der Waals surface area (Å²) in [6, 6.07) is 6.97. The molecular formula is C17H21N5O2. The average molecular weight is 327 g/mol. The molecule has 1 atom stereocenters. The zero-order valence-electron chi connectivity index (χ0n) is 14.0. The molecule has 0 fully saturated rings. The SMILES string of the molecule is Cc1nc(CNC(=O)[C@@H](C(C)C)N2Cc3ccccc3C2=O)n[nH]1. The Labute approximate surface area is 140 Å². The van der Waals surface area contributed by atoms with Crippen LogP contribution in [-0.2, 0) is 17.9 Å². The molecule has 0 bridgehead atoms. The van der Waals surface area contributed by atoms with Crippen LogP contribution in [0.2, 0.25) is 0 Å². The van der Waals surface area contributed by atoms with E-state index >= 15 is 0 Å². The second kappa shape index (κ2) is 6.43. The van der Waals surface area contributed by atoms with Gasteiger partial charge in [-0.3, -0.25) is 14.7 Å². The molecule has 1 aromatic heterocycles. The molecule has 3 rings (SSSR count). The van der Waals surface area contributed by atoms with Gasteiger partial charge in [-0.05, 0) is 24.5 Å². The van der Waals surface area contributed by atoms with E-state index in [1.165, 1.54) is 0 Å². The first-order valence-corrected chi connectivity index (χ1v) is 8.02. The van der Waals surface area contributed by atoms with Gasteiger partial charge in [-0.2, -0.15) is 5.10 Å². The van der Waals surface area contributed by atoms with Crippen molar-refractivity contribution in [3.8, 4) is 0 Å². The summed E-state index contributed by atoms with van der Waals surface area (Å²) in [5.74, 6) is 0.947. The van der Waals surface area contributed by atoms with Gasteiger partial charge in [0.1, 0.15) is 11.9 Å². The van der Waals surface area contributed by atoms with E-state index < -0.39 is 6.04 Å². The molecule has 0 unspecified atom stereocenters. The number of aryl methyl sites for hydroxylation is 1. The highest BCUT2D eigenvalue weighted by Gasteiger charge is 2.37. The Morgan fingerprint density at radius 1 is 1.38 bits per heavy atom. The summed E-state index contributed by atoms with van der Waals surface area (Å²) in [6.07, 6.45) is 0. The van der Waals surface area contributed by atoms with Gasteiger partial charge < -0.3 is 10.2 Å². The normalized spacial score (nSPS) is 14.8. The number of benzene rings is 1. The van der Waals surface area contributed by atoms with Crippen LogP contribution in [0, 0.1) is 12.8 Å². The zero-order valence-corrected chi connectivity index (χ0v) is 14.0. The van der Waals surface area contributed by atoms with Crippen LogP contribution in [0.15, 0.2) is 24.3 Å².